The normalized spacial score (nSPS) is 17.4. The van der Waals surface area contributed by atoms with Crippen LogP contribution in [0.2, 0.25) is 0 Å². The molecule has 0 radical (unpaired) electrons. The smallest absolute Gasteiger partial charge is 0.239 e. The molecule has 0 bridgehead atoms. The van der Waals surface area contributed by atoms with Crippen LogP contribution >= 0.6 is 11.8 Å². The summed E-state index contributed by atoms with van der Waals surface area (Å²) in [6, 6.07) is -0.354. The maximum atomic E-state index is 12.2. The van der Waals surface area contributed by atoms with Crippen LogP contribution in [0.25, 0.3) is 0 Å². The molecule has 1 aliphatic rings. The van der Waals surface area contributed by atoms with Gasteiger partial charge < -0.3 is 15.5 Å². The van der Waals surface area contributed by atoms with Crippen LogP contribution in [0, 0.1) is 0 Å². The van der Waals surface area contributed by atoms with E-state index < -0.39 is 0 Å². The van der Waals surface area contributed by atoms with E-state index in [1.807, 2.05) is 30.6 Å². The molecule has 112 valence electrons. The zero-order chi connectivity index (χ0) is 14.5. The van der Waals surface area contributed by atoms with Crippen molar-refractivity contribution in [3.63, 3.8) is 0 Å². The van der Waals surface area contributed by atoms with E-state index in [0.29, 0.717) is 0 Å². The lowest BCUT2D eigenvalue weighted by Gasteiger charge is -2.36. The van der Waals surface area contributed by atoms with E-state index in [9.17, 15) is 4.79 Å². The molecule has 0 aliphatic carbocycles. The first-order valence-electron chi connectivity index (χ1n) is 6.88. The first kappa shape index (κ1) is 15.2. The lowest BCUT2D eigenvalue weighted by molar-refractivity contribution is -0.132. The van der Waals surface area contributed by atoms with Crippen molar-refractivity contribution in [2.75, 3.05) is 43.1 Å². The van der Waals surface area contributed by atoms with Gasteiger partial charge in [0.2, 0.25) is 5.91 Å². The molecule has 6 nitrogen and oxygen atoms in total. The molecular weight excluding hydrogens is 274 g/mol. The van der Waals surface area contributed by atoms with Crippen molar-refractivity contribution in [2.45, 2.75) is 12.5 Å². The van der Waals surface area contributed by atoms with Gasteiger partial charge in [-0.15, -0.1) is 0 Å². The van der Waals surface area contributed by atoms with Crippen LogP contribution in [0.1, 0.15) is 6.42 Å². The summed E-state index contributed by atoms with van der Waals surface area (Å²) in [5, 5.41) is 4.18. The minimum absolute atomic E-state index is 0.0879. The molecule has 7 heteroatoms. The van der Waals surface area contributed by atoms with Gasteiger partial charge in [0, 0.05) is 39.4 Å². The number of hydrogen-bond acceptors (Lipinski definition) is 5. The standard InChI is InChI=1S/C13H23N5OS/c1-16-10-11(9-15-16)17-4-6-18(7-5-17)13(19)12(14)3-8-20-2/h9-10,12H,3-8,14H2,1-2H3/t12-/m0/s1. The predicted molar refractivity (Wildman–Crippen MR) is 83.0 cm³/mol. The number of piperazine rings is 1. The maximum Gasteiger partial charge on any atom is 0.239 e. The molecule has 0 aromatic carbocycles. The number of aryl methyl sites for hydroxylation is 1. The van der Waals surface area contributed by atoms with Gasteiger partial charge in [0.1, 0.15) is 0 Å². The second kappa shape index (κ2) is 6.99. The van der Waals surface area contributed by atoms with Crippen molar-refractivity contribution in [1.29, 1.82) is 0 Å². The molecule has 1 aromatic rings. The molecule has 0 spiro atoms. The van der Waals surface area contributed by atoms with Crippen molar-refractivity contribution in [1.82, 2.24) is 14.7 Å². The van der Waals surface area contributed by atoms with Gasteiger partial charge in [0.15, 0.2) is 0 Å². The van der Waals surface area contributed by atoms with Gasteiger partial charge in [-0.3, -0.25) is 9.48 Å². The average molecular weight is 297 g/mol. The first-order valence-corrected chi connectivity index (χ1v) is 8.28. The Kier molecular flexibility index (Phi) is 5.31. The minimum atomic E-state index is -0.354. The zero-order valence-electron chi connectivity index (χ0n) is 12.2. The highest BCUT2D eigenvalue weighted by atomic mass is 32.2. The van der Waals surface area contributed by atoms with Crippen LogP contribution < -0.4 is 10.6 Å². The lowest BCUT2D eigenvalue weighted by atomic mass is 10.2. The number of nitrogens with zero attached hydrogens (tertiary/aromatic N) is 4. The third kappa shape index (κ3) is 3.67. The number of carbonyl (C=O) groups excluding carboxylic acids is 1. The second-order valence-corrected chi connectivity index (χ2v) is 6.06. The van der Waals surface area contributed by atoms with Gasteiger partial charge >= 0.3 is 0 Å². The maximum absolute atomic E-state index is 12.2. The molecular formula is C13H23N5OS. The summed E-state index contributed by atoms with van der Waals surface area (Å²) < 4.78 is 1.80. The number of rotatable bonds is 5. The average Bonchev–Trinajstić information content (AvgIpc) is 2.90. The lowest BCUT2D eigenvalue weighted by Crippen LogP contribution is -2.53. The van der Waals surface area contributed by atoms with Crippen LogP contribution in [0.15, 0.2) is 12.4 Å². The summed E-state index contributed by atoms with van der Waals surface area (Å²) in [5.41, 5.74) is 7.07. The van der Waals surface area contributed by atoms with E-state index >= 15 is 0 Å². The molecule has 0 unspecified atom stereocenters. The van der Waals surface area contributed by atoms with Crippen molar-refractivity contribution < 1.29 is 4.79 Å². The number of hydrogen-bond donors (Lipinski definition) is 1. The Morgan fingerprint density at radius 1 is 1.45 bits per heavy atom. The SMILES string of the molecule is CSCC[C@H](N)C(=O)N1CCN(c2cnn(C)c2)CC1. The summed E-state index contributed by atoms with van der Waals surface area (Å²) in [6.07, 6.45) is 6.65. The van der Waals surface area contributed by atoms with E-state index in [2.05, 4.69) is 10.00 Å². The van der Waals surface area contributed by atoms with E-state index in [4.69, 9.17) is 5.73 Å². The van der Waals surface area contributed by atoms with Crippen LogP contribution in [-0.2, 0) is 11.8 Å². The monoisotopic (exact) mass is 297 g/mol. The van der Waals surface area contributed by atoms with E-state index in [-0.39, 0.29) is 11.9 Å². The summed E-state index contributed by atoms with van der Waals surface area (Å²) in [4.78, 5) is 16.3. The van der Waals surface area contributed by atoms with E-state index in [0.717, 1.165) is 44.0 Å². The van der Waals surface area contributed by atoms with Gasteiger partial charge in [0.25, 0.3) is 0 Å². The Hall–Kier alpha value is -1.21. The quantitative estimate of drug-likeness (QED) is 0.838. The zero-order valence-corrected chi connectivity index (χ0v) is 13.0. The Balaban J connectivity index is 1.83. The summed E-state index contributed by atoms with van der Waals surface area (Å²) in [5.74, 6) is 1.02. The molecule has 1 atom stereocenters. The first-order chi connectivity index (χ1) is 9.61. The van der Waals surface area contributed by atoms with Gasteiger partial charge in [-0.2, -0.15) is 16.9 Å². The Labute approximate surface area is 124 Å². The summed E-state index contributed by atoms with van der Waals surface area (Å²) in [7, 11) is 1.91. The van der Waals surface area contributed by atoms with Crippen LogP contribution in [0.5, 0.6) is 0 Å². The molecule has 2 heterocycles. The second-order valence-electron chi connectivity index (χ2n) is 5.07. The van der Waals surface area contributed by atoms with Crippen molar-refractivity contribution in [3.05, 3.63) is 12.4 Å². The number of carbonyl (C=O) groups is 1. The van der Waals surface area contributed by atoms with Gasteiger partial charge in [-0.25, -0.2) is 0 Å². The van der Waals surface area contributed by atoms with Crippen LogP contribution in [0.4, 0.5) is 5.69 Å². The summed E-state index contributed by atoms with van der Waals surface area (Å²) in [6.45, 7) is 3.15. The topological polar surface area (TPSA) is 67.4 Å². The molecule has 20 heavy (non-hydrogen) atoms. The largest absolute Gasteiger partial charge is 0.365 e. The molecule has 1 aromatic heterocycles. The minimum Gasteiger partial charge on any atom is -0.365 e. The van der Waals surface area contributed by atoms with Crippen LogP contribution in [-0.4, -0.2) is 64.8 Å². The van der Waals surface area contributed by atoms with Gasteiger partial charge in [0.05, 0.1) is 17.9 Å². The molecule has 2 rings (SSSR count). The fourth-order valence-corrected chi connectivity index (χ4v) is 2.85. The van der Waals surface area contributed by atoms with Crippen LogP contribution in [0.3, 0.4) is 0 Å². The van der Waals surface area contributed by atoms with E-state index in [1.54, 1.807) is 16.4 Å². The number of amides is 1. The highest BCUT2D eigenvalue weighted by Gasteiger charge is 2.25. The Morgan fingerprint density at radius 2 is 2.15 bits per heavy atom. The Bertz CT molecular complexity index is 442. The van der Waals surface area contributed by atoms with E-state index in [1.165, 1.54) is 0 Å². The van der Waals surface area contributed by atoms with Crippen molar-refractivity contribution in [2.24, 2.45) is 12.8 Å². The number of thioether (sulfide) groups is 1. The van der Waals surface area contributed by atoms with Crippen molar-refractivity contribution in [3.8, 4) is 0 Å². The Morgan fingerprint density at radius 3 is 2.70 bits per heavy atom. The third-order valence-corrected chi connectivity index (χ3v) is 4.24. The van der Waals surface area contributed by atoms with Crippen molar-refractivity contribution >= 4 is 23.4 Å². The van der Waals surface area contributed by atoms with Gasteiger partial charge in [-0.05, 0) is 18.4 Å². The fourth-order valence-electron chi connectivity index (χ4n) is 2.36. The number of aromatic nitrogens is 2. The molecule has 1 fully saturated rings. The summed E-state index contributed by atoms with van der Waals surface area (Å²) >= 11 is 1.73. The predicted octanol–water partition coefficient (Wildman–Crippen LogP) is 0.149. The molecule has 1 saturated heterocycles. The molecule has 0 saturated carbocycles. The van der Waals surface area contributed by atoms with Gasteiger partial charge in [-0.1, -0.05) is 0 Å². The number of anilines is 1. The number of nitrogens with two attached hydrogens (primary N) is 1. The third-order valence-electron chi connectivity index (χ3n) is 3.60. The molecule has 1 aliphatic heterocycles. The fraction of sp³-hybridized carbons (Fsp3) is 0.692. The molecule has 1 amide bonds. The highest BCUT2D eigenvalue weighted by molar-refractivity contribution is 7.98. The molecule has 2 N–H and O–H groups in total. The highest BCUT2D eigenvalue weighted by Crippen LogP contribution is 2.15.